The highest BCUT2D eigenvalue weighted by atomic mass is 16.7. The minimum absolute atomic E-state index is 0.0147. The van der Waals surface area contributed by atoms with Gasteiger partial charge in [-0.2, -0.15) is 0 Å². The fourth-order valence-electron chi connectivity index (χ4n) is 6.49. The molecule has 0 amide bonds. The standard InChI is InChI=1S/C29H54O6/c1-12-23-17(5)15(3)20(8)28(33-23)31-14-25-26(30-11)19(7)21(9)29(34-25)35-27-18(6)16(4)22(10)32-24(27)13-2/h15-29H,12-14H2,1-11H3/t15-,16?,17+,18+,19+,20?,21?,22-,23?,24?,25?,26+,27+,28+,29-/m0/s1. The molecule has 35 heavy (non-hydrogen) atoms. The first-order valence-electron chi connectivity index (χ1n) is 14.3. The van der Waals surface area contributed by atoms with E-state index in [2.05, 4.69) is 69.2 Å². The van der Waals surface area contributed by atoms with Crippen molar-refractivity contribution in [3.63, 3.8) is 0 Å². The fourth-order valence-corrected chi connectivity index (χ4v) is 6.49. The molecular weight excluding hydrogens is 444 g/mol. The van der Waals surface area contributed by atoms with Crippen LogP contribution in [0.5, 0.6) is 0 Å². The topological polar surface area (TPSA) is 55.4 Å². The van der Waals surface area contributed by atoms with Crippen molar-refractivity contribution in [2.24, 2.45) is 41.4 Å². The van der Waals surface area contributed by atoms with Crippen LogP contribution in [0.25, 0.3) is 0 Å². The van der Waals surface area contributed by atoms with Crippen molar-refractivity contribution < 1.29 is 28.4 Å². The molecular formula is C29H54O6. The highest BCUT2D eigenvalue weighted by Gasteiger charge is 2.47. The molecule has 0 saturated carbocycles. The molecule has 6 unspecified atom stereocenters. The Morgan fingerprint density at radius 1 is 0.543 bits per heavy atom. The zero-order valence-electron chi connectivity index (χ0n) is 24.2. The lowest BCUT2D eigenvalue weighted by molar-refractivity contribution is -0.324. The van der Waals surface area contributed by atoms with Gasteiger partial charge in [-0.05, 0) is 49.4 Å². The van der Waals surface area contributed by atoms with E-state index in [0.717, 1.165) is 12.8 Å². The number of hydrogen-bond acceptors (Lipinski definition) is 6. The largest absolute Gasteiger partial charge is 0.378 e. The van der Waals surface area contributed by atoms with Crippen LogP contribution >= 0.6 is 0 Å². The van der Waals surface area contributed by atoms with Gasteiger partial charge in [-0.25, -0.2) is 0 Å². The van der Waals surface area contributed by atoms with E-state index in [1.807, 2.05) is 0 Å². The third kappa shape index (κ3) is 6.09. The summed E-state index contributed by atoms with van der Waals surface area (Å²) in [6.07, 6.45) is 1.71. The van der Waals surface area contributed by atoms with E-state index in [0.29, 0.717) is 36.2 Å². The van der Waals surface area contributed by atoms with Gasteiger partial charge in [0.25, 0.3) is 0 Å². The summed E-state index contributed by atoms with van der Waals surface area (Å²) >= 11 is 0. The first-order chi connectivity index (χ1) is 16.5. The maximum atomic E-state index is 6.76. The minimum atomic E-state index is -0.317. The molecule has 3 heterocycles. The second-order valence-electron chi connectivity index (χ2n) is 11.9. The maximum Gasteiger partial charge on any atom is 0.161 e. The molecule has 206 valence electrons. The Labute approximate surface area is 215 Å². The van der Waals surface area contributed by atoms with Gasteiger partial charge >= 0.3 is 0 Å². The van der Waals surface area contributed by atoms with Crippen molar-refractivity contribution in [2.45, 2.75) is 131 Å². The van der Waals surface area contributed by atoms with E-state index in [4.69, 9.17) is 28.4 Å². The first-order valence-corrected chi connectivity index (χ1v) is 14.3. The van der Waals surface area contributed by atoms with Crippen molar-refractivity contribution in [3.05, 3.63) is 0 Å². The first kappa shape index (κ1) is 29.3. The van der Waals surface area contributed by atoms with Crippen molar-refractivity contribution in [1.82, 2.24) is 0 Å². The van der Waals surface area contributed by atoms with Crippen LogP contribution in [-0.2, 0) is 28.4 Å². The average molecular weight is 499 g/mol. The highest BCUT2D eigenvalue weighted by Crippen LogP contribution is 2.40. The molecule has 0 radical (unpaired) electrons. The Bertz CT molecular complexity index is 641. The summed E-state index contributed by atoms with van der Waals surface area (Å²) in [5, 5.41) is 0. The Morgan fingerprint density at radius 3 is 1.71 bits per heavy atom. The van der Waals surface area contributed by atoms with Crippen molar-refractivity contribution >= 4 is 0 Å². The molecule has 15 atom stereocenters. The number of ether oxygens (including phenoxy) is 6. The van der Waals surface area contributed by atoms with E-state index in [9.17, 15) is 0 Å². The zero-order valence-corrected chi connectivity index (χ0v) is 24.2. The minimum Gasteiger partial charge on any atom is -0.378 e. The normalized spacial score (nSPS) is 51.3. The molecule has 6 heteroatoms. The summed E-state index contributed by atoms with van der Waals surface area (Å²) < 4.78 is 38.5. The van der Waals surface area contributed by atoms with Crippen molar-refractivity contribution in [2.75, 3.05) is 13.7 Å². The van der Waals surface area contributed by atoms with Gasteiger partial charge in [-0.3, -0.25) is 0 Å². The molecule has 3 aliphatic rings. The molecule has 0 bridgehead atoms. The average Bonchev–Trinajstić information content (AvgIpc) is 2.85. The summed E-state index contributed by atoms with van der Waals surface area (Å²) in [6, 6.07) is 0. The molecule has 0 N–H and O–H groups in total. The summed E-state index contributed by atoms with van der Waals surface area (Å²) in [6.45, 7) is 22.8. The van der Waals surface area contributed by atoms with Crippen LogP contribution < -0.4 is 0 Å². The van der Waals surface area contributed by atoms with E-state index < -0.39 is 0 Å². The van der Waals surface area contributed by atoms with Gasteiger partial charge in [0.05, 0.1) is 37.1 Å². The van der Waals surface area contributed by atoms with Gasteiger partial charge < -0.3 is 28.4 Å². The molecule has 0 aromatic heterocycles. The van der Waals surface area contributed by atoms with Crippen molar-refractivity contribution in [3.8, 4) is 0 Å². The van der Waals surface area contributed by atoms with Crippen LogP contribution in [0, 0.1) is 41.4 Å². The molecule has 0 aromatic carbocycles. The summed E-state index contributed by atoms with van der Waals surface area (Å²) in [4.78, 5) is 0. The van der Waals surface area contributed by atoms with Crippen LogP contribution in [0.3, 0.4) is 0 Å². The number of methoxy groups -OCH3 is 1. The third-order valence-corrected chi connectivity index (χ3v) is 10.1. The van der Waals surface area contributed by atoms with Crippen molar-refractivity contribution in [1.29, 1.82) is 0 Å². The third-order valence-electron chi connectivity index (χ3n) is 10.1. The molecule has 3 saturated heterocycles. The van der Waals surface area contributed by atoms with Crippen LogP contribution in [0.1, 0.15) is 82.1 Å². The lowest BCUT2D eigenvalue weighted by Gasteiger charge is -2.49. The molecule has 3 fully saturated rings. The molecule has 3 rings (SSSR count). The fraction of sp³-hybridized carbons (Fsp3) is 1.00. The van der Waals surface area contributed by atoms with Gasteiger partial charge in [0, 0.05) is 18.9 Å². The number of rotatable bonds is 8. The van der Waals surface area contributed by atoms with Crippen LogP contribution in [-0.4, -0.2) is 62.9 Å². The van der Waals surface area contributed by atoms with Crippen LogP contribution in [0.4, 0.5) is 0 Å². The SMILES string of the molecule is CCC1O[C@@H](OCC2O[C@@H](O[C@H]3C(CC)O[C@@H](C)C(C)[C@H]3C)C(C)[C@@H](C)[C@H]2OC)C(C)[C@@H](C)[C@H]1C. The quantitative estimate of drug-likeness (QED) is 0.414. The van der Waals surface area contributed by atoms with Gasteiger partial charge in [0.2, 0.25) is 0 Å². The Balaban J connectivity index is 1.70. The summed E-state index contributed by atoms with van der Waals surface area (Å²) in [5.41, 5.74) is 0. The summed E-state index contributed by atoms with van der Waals surface area (Å²) in [7, 11) is 1.77. The molecule has 0 aliphatic carbocycles. The van der Waals surface area contributed by atoms with Gasteiger partial charge in [-0.15, -0.1) is 0 Å². The Kier molecular flexibility index (Phi) is 10.5. The predicted octanol–water partition coefficient (Wildman–Crippen LogP) is 5.91. The molecule has 3 aliphatic heterocycles. The second kappa shape index (κ2) is 12.5. The summed E-state index contributed by atoms with van der Waals surface area (Å²) in [5.74, 6) is 2.71. The molecule has 0 spiro atoms. The van der Waals surface area contributed by atoms with Gasteiger partial charge in [0.1, 0.15) is 6.10 Å². The zero-order chi connectivity index (χ0) is 26.0. The van der Waals surface area contributed by atoms with Crippen LogP contribution in [0.2, 0.25) is 0 Å². The smallest absolute Gasteiger partial charge is 0.161 e. The Hall–Kier alpha value is -0.240. The van der Waals surface area contributed by atoms with Crippen LogP contribution in [0.15, 0.2) is 0 Å². The van der Waals surface area contributed by atoms with E-state index in [1.165, 1.54) is 0 Å². The highest BCUT2D eigenvalue weighted by molar-refractivity contribution is 4.91. The molecule has 6 nitrogen and oxygen atoms in total. The monoisotopic (exact) mass is 498 g/mol. The van der Waals surface area contributed by atoms with E-state index in [1.54, 1.807) is 7.11 Å². The van der Waals surface area contributed by atoms with Gasteiger partial charge in [-0.1, -0.05) is 62.3 Å². The second-order valence-corrected chi connectivity index (χ2v) is 11.9. The lowest BCUT2D eigenvalue weighted by atomic mass is 9.78. The number of hydrogen-bond donors (Lipinski definition) is 0. The Morgan fingerprint density at radius 2 is 1.11 bits per heavy atom. The van der Waals surface area contributed by atoms with E-state index >= 15 is 0 Å². The maximum absolute atomic E-state index is 6.76. The molecule has 0 aromatic rings. The van der Waals surface area contributed by atoms with Gasteiger partial charge in [0.15, 0.2) is 12.6 Å². The lowest BCUT2D eigenvalue weighted by Crippen LogP contribution is -2.57. The predicted molar refractivity (Wildman–Crippen MR) is 138 cm³/mol. The van der Waals surface area contributed by atoms with E-state index in [-0.39, 0.29) is 61.0 Å².